The van der Waals surface area contributed by atoms with Gasteiger partial charge in [-0.2, -0.15) is 0 Å². The van der Waals surface area contributed by atoms with E-state index in [2.05, 4.69) is 23.8 Å². The molecule has 2 aromatic rings. The number of ether oxygens (including phenoxy) is 2. The normalized spacial score (nSPS) is 10.9. The summed E-state index contributed by atoms with van der Waals surface area (Å²) in [6.45, 7) is 6.01. The van der Waals surface area contributed by atoms with Crippen molar-refractivity contribution in [2.45, 2.75) is 104 Å². The van der Waals surface area contributed by atoms with Crippen molar-refractivity contribution in [3.63, 3.8) is 0 Å². The van der Waals surface area contributed by atoms with Gasteiger partial charge in [0.25, 0.3) is 0 Å². The number of unbranched alkanes of at least 4 members (excludes halogenated alkanes) is 12. The van der Waals surface area contributed by atoms with E-state index in [0.29, 0.717) is 12.5 Å². The topological polar surface area (TPSA) is 44.2 Å². The highest BCUT2D eigenvalue weighted by Crippen LogP contribution is 2.21. The fraction of sp³-hybridized carbons (Fsp3) is 0.643. The van der Waals surface area contributed by atoms with Crippen molar-refractivity contribution in [1.29, 1.82) is 0 Å². The second-order valence-electron chi connectivity index (χ2n) is 8.70. The Bertz CT molecular complexity index is 624. The molecule has 4 heteroatoms. The molecule has 0 radical (unpaired) electrons. The average Bonchev–Trinajstić information content (AvgIpc) is 2.83. The van der Waals surface area contributed by atoms with Gasteiger partial charge in [-0.1, -0.05) is 90.9 Å². The van der Waals surface area contributed by atoms with Gasteiger partial charge in [-0.3, -0.25) is 0 Å². The van der Waals surface area contributed by atoms with E-state index in [1.165, 1.54) is 77.0 Å². The summed E-state index contributed by atoms with van der Waals surface area (Å²) in [5, 5.41) is 0. The van der Waals surface area contributed by atoms with Gasteiger partial charge in [0.1, 0.15) is 5.75 Å². The van der Waals surface area contributed by atoms with Gasteiger partial charge in [0, 0.05) is 5.56 Å². The van der Waals surface area contributed by atoms with Crippen molar-refractivity contribution in [3.8, 4) is 22.9 Å². The van der Waals surface area contributed by atoms with Crippen molar-refractivity contribution < 1.29 is 9.47 Å². The highest BCUT2D eigenvalue weighted by atomic mass is 16.5. The Morgan fingerprint density at radius 3 is 1.62 bits per heavy atom. The van der Waals surface area contributed by atoms with E-state index in [1.807, 2.05) is 24.3 Å². The van der Waals surface area contributed by atoms with Gasteiger partial charge in [-0.25, -0.2) is 9.97 Å². The first-order valence-corrected chi connectivity index (χ1v) is 13.0. The number of aromatic nitrogens is 2. The molecular formula is C28H44N2O2. The van der Waals surface area contributed by atoms with E-state index in [9.17, 15) is 0 Å². The van der Waals surface area contributed by atoms with E-state index in [4.69, 9.17) is 9.47 Å². The van der Waals surface area contributed by atoms with E-state index >= 15 is 0 Å². The molecule has 0 amide bonds. The Labute approximate surface area is 196 Å². The molecule has 178 valence electrons. The molecule has 1 aromatic carbocycles. The second kappa shape index (κ2) is 17.5. The summed E-state index contributed by atoms with van der Waals surface area (Å²) in [5.74, 6) is 1.52. The van der Waals surface area contributed by atoms with Gasteiger partial charge < -0.3 is 9.47 Å². The molecule has 0 aliphatic heterocycles. The highest BCUT2D eigenvalue weighted by Gasteiger charge is 2.03. The number of benzene rings is 1. The van der Waals surface area contributed by atoms with Crippen LogP contribution in [0.2, 0.25) is 0 Å². The monoisotopic (exact) mass is 440 g/mol. The maximum absolute atomic E-state index is 5.88. The van der Waals surface area contributed by atoms with Crippen molar-refractivity contribution in [2.75, 3.05) is 13.2 Å². The van der Waals surface area contributed by atoms with Crippen LogP contribution < -0.4 is 9.47 Å². The summed E-state index contributed by atoms with van der Waals surface area (Å²) in [6.07, 6.45) is 21.6. The van der Waals surface area contributed by atoms with Crippen LogP contribution >= 0.6 is 0 Å². The van der Waals surface area contributed by atoms with Crippen LogP contribution in [0.1, 0.15) is 104 Å². The van der Waals surface area contributed by atoms with Crippen LogP contribution in [-0.4, -0.2) is 23.2 Å². The van der Waals surface area contributed by atoms with Crippen molar-refractivity contribution in [1.82, 2.24) is 9.97 Å². The predicted molar refractivity (Wildman–Crippen MR) is 134 cm³/mol. The molecule has 4 nitrogen and oxygen atoms in total. The molecule has 0 fully saturated rings. The van der Waals surface area contributed by atoms with Gasteiger partial charge in [0.05, 0.1) is 31.3 Å². The zero-order valence-corrected chi connectivity index (χ0v) is 20.5. The zero-order chi connectivity index (χ0) is 22.7. The molecule has 0 aliphatic rings. The van der Waals surface area contributed by atoms with E-state index in [-0.39, 0.29) is 0 Å². The van der Waals surface area contributed by atoms with Crippen LogP contribution in [0.3, 0.4) is 0 Å². The third-order valence-electron chi connectivity index (χ3n) is 5.79. The maximum atomic E-state index is 5.88. The minimum atomic E-state index is 0.606. The molecule has 0 aliphatic carbocycles. The Balaban J connectivity index is 1.61. The van der Waals surface area contributed by atoms with Crippen LogP contribution in [-0.2, 0) is 0 Å². The summed E-state index contributed by atoms with van der Waals surface area (Å²) < 4.78 is 11.6. The molecule has 0 saturated heterocycles. The Kier molecular flexibility index (Phi) is 14.3. The zero-order valence-electron chi connectivity index (χ0n) is 20.5. The molecule has 0 saturated carbocycles. The van der Waals surface area contributed by atoms with Crippen molar-refractivity contribution in [2.24, 2.45) is 0 Å². The van der Waals surface area contributed by atoms with E-state index in [0.717, 1.165) is 36.5 Å². The smallest absolute Gasteiger partial charge is 0.232 e. The summed E-state index contributed by atoms with van der Waals surface area (Å²) in [5.41, 5.74) is 1.89. The molecule has 0 unspecified atom stereocenters. The fourth-order valence-corrected chi connectivity index (χ4v) is 3.75. The van der Waals surface area contributed by atoms with Crippen LogP contribution in [0, 0.1) is 0 Å². The lowest BCUT2D eigenvalue weighted by atomic mass is 10.1. The fourth-order valence-electron chi connectivity index (χ4n) is 3.75. The lowest BCUT2D eigenvalue weighted by Crippen LogP contribution is -2.00. The van der Waals surface area contributed by atoms with Crippen LogP contribution in [0.5, 0.6) is 11.6 Å². The minimum absolute atomic E-state index is 0.606. The predicted octanol–water partition coefficient (Wildman–Crippen LogP) is 8.40. The quantitative estimate of drug-likeness (QED) is 0.206. The molecule has 1 heterocycles. The standard InChI is InChI=1S/C28H44N2O2/c1-3-5-7-9-11-13-15-21-31-26-19-17-25(18-20-26)27-23-30-28(24-29-27)32-22-16-14-12-10-8-6-4-2/h17-20,23-24H,3-16,21-22H2,1-2H3. The molecular weight excluding hydrogens is 396 g/mol. The van der Waals surface area contributed by atoms with Gasteiger partial charge in [0.15, 0.2) is 0 Å². The summed E-state index contributed by atoms with van der Waals surface area (Å²) in [7, 11) is 0. The van der Waals surface area contributed by atoms with Gasteiger partial charge in [0.2, 0.25) is 5.88 Å². The maximum Gasteiger partial charge on any atom is 0.232 e. The van der Waals surface area contributed by atoms with Crippen LogP contribution in [0.4, 0.5) is 0 Å². The SMILES string of the molecule is CCCCCCCCCOc1ccc(-c2cnc(OCCCCCCCCC)cn2)cc1. The first-order valence-electron chi connectivity index (χ1n) is 13.0. The number of rotatable bonds is 19. The lowest BCUT2D eigenvalue weighted by molar-refractivity contribution is 0.292. The average molecular weight is 441 g/mol. The second-order valence-corrected chi connectivity index (χ2v) is 8.70. The Hall–Kier alpha value is -2.10. The first-order chi connectivity index (χ1) is 15.8. The molecule has 32 heavy (non-hydrogen) atoms. The Morgan fingerprint density at radius 2 is 1.09 bits per heavy atom. The van der Waals surface area contributed by atoms with Crippen molar-refractivity contribution >= 4 is 0 Å². The first kappa shape index (κ1) is 26.2. The molecule has 0 N–H and O–H groups in total. The summed E-state index contributed by atoms with van der Waals surface area (Å²) in [6, 6.07) is 8.12. The molecule has 1 aromatic heterocycles. The lowest BCUT2D eigenvalue weighted by Gasteiger charge is -2.08. The third-order valence-corrected chi connectivity index (χ3v) is 5.79. The summed E-state index contributed by atoms with van der Waals surface area (Å²) >= 11 is 0. The van der Waals surface area contributed by atoms with Crippen LogP contribution in [0.25, 0.3) is 11.3 Å². The molecule has 0 atom stereocenters. The highest BCUT2D eigenvalue weighted by molar-refractivity contribution is 5.59. The van der Waals surface area contributed by atoms with E-state index < -0.39 is 0 Å². The minimum Gasteiger partial charge on any atom is -0.494 e. The molecule has 0 spiro atoms. The molecule has 2 rings (SSSR count). The number of hydrogen-bond donors (Lipinski definition) is 0. The van der Waals surface area contributed by atoms with Crippen molar-refractivity contribution in [3.05, 3.63) is 36.7 Å². The van der Waals surface area contributed by atoms with Gasteiger partial charge >= 0.3 is 0 Å². The number of hydrogen-bond acceptors (Lipinski definition) is 4. The van der Waals surface area contributed by atoms with Crippen LogP contribution in [0.15, 0.2) is 36.7 Å². The largest absolute Gasteiger partial charge is 0.494 e. The molecule has 0 bridgehead atoms. The third kappa shape index (κ3) is 11.5. The Morgan fingerprint density at radius 1 is 0.562 bits per heavy atom. The summed E-state index contributed by atoms with van der Waals surface area (Å²) in [4.78, 5) is 8.93. The number of nitrogens with zero attached hydrogens (tertiary/aromatic N) is 2. The van der Waals surface area contributed by atoms with Gasteiger partial charge in [-0.15, -0.1) is 0 Å². The van der Waals surface area contributed by atoms with Gasteiger partial charge in [-0.05, 0) is 37.1 Å². The van der Waals surface area contributed by atoms with E-state index in [1.54, 1.807) is 12.4 Å².